The smallest absolute Gasteiger partial charge is 0.123 e. The molecule has 3 nitrogen and oxygen atoms in total. The molecule has 2 unspecified atom stereocenters. The maximum Gasteiger partial charge on any atom is 0.123 e. The standard InChI is InChI=1S/C16H27NO2/c1-6-10-17-16(13(4)19-7-2)14-11-12(3)8-9-15(14)18-5/h8-9,11,13,16-17H,6-7,10H2,1-5H3. The highest BCUT2D eigenvalue weighted by Gasteiger charge is 2.22. The van der Waals surface area contributed by atoms with Gasteiger partial charge in [0.25, 0.3) is 0 Å². The van der Waals surface area contributed by atoms with Crippen LogP contribution in [0.2, 0.25) is 0 Å². The third-order valence-electron chi connectivity index (χ3n) is 3.23. The van der Waals surface area contributed by atoms with Crippen molar-refractivity contribution in [3.63, 3.8) is 0 Å². The van der Waals surface area contributed by atoms with E-state index in [0.29, 0.717) is 0 Å². The van der Waals surface area contributed by atoms with Crippen molar-refractivity contribution >= 4 is 0 Å². The van der Waals surface area contributed by atoms with Crippen molar-refractivity contribution in [1.29, 1.82) is 0 Å². The van der Waals surface area contributed by atoms with Gasteiger partial charge in [0, 0.05) is 12.2 Å². The molecule has 0 fully saturated rings. The van der Waals surface area contributed by atoms with Crippen LogP contribution in [0.5, 0.6) is 5.75 Å². The first-order chi connectivity index (χ1) is 9.13. The minimum Gasteiger partial charge on any atom is -0.496 e. The van der Waals surface area contributed by atoms with Crippen molar-refractivity contribution in [1.82, 2.24) is 5.32 Å². The summed E-state index contributed by atoms with van der Waals surface area (Å²) in [6.45, 7) is 10.1. The Hall–Kier alpha value is -1.06. The van der Waals surface area contributed by atoms with Gasteiger partial charge in [-0.15, -0.1) is 0 Å². The van der Waals surface area contributed by atoms with Crippen molar-refractivity contribution in [2.75, 3.05) is 20.3 Å². The number of nitrogens with one attached hydrogen (secondary N) is 1. The van der Waals surface area contributed by atoms with Gasteiger partial charge in [-0.3, -0.25) is 0 Å². The number of aryl methyl sites for hydroxylation is 1. The van der Waals surface area contributed by atoms with Gasteiger partial charge in [-0.25, -0.2) is 0 Å². The van der Waals surface area contributed by atoms with E-state index < -0.39 is 0 Å². The van der Waals surface area contributed by atoms with E-state index in [9.17, 15) is 0 Å². The lowest BCUT2D eigenvalue weighted by atomic mass is 9.99. The Labute approximate surface area is 117 Å². The van der Waals surface area contributed by atoms with Gasteiger partial charge in [0.1, 0.15) is 5.75 Å². The third kappa shape index (κ3) is 4.51. The highest BCUT2D eigenvalue weighted by molar-refractivity contribution is 5.39. The summed E-state index contributed by atoms with van der Waals surface area (Å²) >= 11 is 0. The van der Waals surface area contributed by atoms with Crippen molar-refractivity contribution in [3.8, 4) is 5.75 Å². The molecule has 0 aliphatic carbocycles. The van der Waals surface area contributed by atoms with E-state index in [1.54, 1.807) is 7.11 Å². The second-order valence-corrected chi connectivity index (χ2v) is 4.84. The molecule has 0 spiro atoms. The van der Waals surface area contributed by atoms with Crippen molar-refractivity contribution < 1.29 is 9.47 Å². The van der Waals surface area contributed by atoms with Crippen LogP contribution in [0.15, 0.2) is 18.2 Å². The van der Waals surface area contributed by atoms with Crippen molar-refractivity contribution in [2.45, 2.75) is 46.3 Å². The first-order valence-electron chi connectivity index (χ1n) is 7.13. The molecule has 1 aromatic carbocycles. The average Bonchev–Trinajstić information content (AvgIpc) is 2.40. The molecule has 19 heavy (non-hydrogen) atoms. The molecule has 0 saturated carbocycles. The van der Waals surface area contributed by atoms with Crippen LogP contribution in [-0.4, -0.2) is 26.4 Å². The summed E-state index contributed by atoms with van der Waals surface area (Å²) in [4.78, 5) is 0. The van der Waals surface area contributed by atoms with Gasteiger partial charge in [0.15, 0.2) is 0 Å². The van der Waals surface area contributed by atoms with Crippen LogP contribution in [0.3, 0.4) is 0 Å². The van der Waals surface area contributed by atoms with Crippen molar-refractivity contribution in [2.24, 2.45) is 0 Å². The first-order valence-corrected chi connectivity index (χ1v) is 7.13. The summed E-state index contributed by atoms with van der Waals surface area (Å²) < 4.78 is 11.3. The molecule has 1 aromatic rings. The van der Waals surface area contributed by atoms with E-state index in [4.69, 9.17) is 9.47 Å². The zero-order valence-electron chi connectivity index (χ0n) is 12.8. The van der Waals surface area contributed by atoms with Crippen LogP contribution in [0.1, 0.15) is 44.4 Å². The molecule has 0 radical (unpaired) electrons. The minimum atomic E-state index is 0.118. The second-order valence-electron chi connectivity index (χ2n) is 4.84. The minimum absolute atomic E-state index is 0.118. The number of ether oxygens (including phenoxy) is 2. The summed E-state index contributed by atoms with van der Waals surface area (Å²) in [6, 6.07) is 6.45. The second kappa shape index (κ2) is 8.18. The van der Waals surface area contributed by atoms with Gasteiger partial charge >= 0.3 is 0 Å². The zero-order valence-corrected chi connectivity index (χ0v) is 12.8. The van der Waals surface area contributed by atoms with Crippen LogP contribution in [-0.2, 0) is 4.74 Å². The fraction of sp³-hybridized carbons (Fsp3) is 0.625. The predicted molar refractivity (Wildman–Crippen MR) is 79.9 cm³/mol. The first kappa shape index (κ1) is 16.0. The van der Waals surface area contributed by atoms with E-state index >= 15 is 0 Å². The number of benzene rings is 1. The SMILES string of the molecule is CCCNC(c1cc(C)ccc1OC)C(C)OCC. The van der Waals surface area contributed by atoms with E-state index in [2.05, 4.69) is 38.2 Å². The van der Waals surface area contributed by atoms with Gasteiger partial charge in [-0.1, -0.05) is 24.6 Å². The number of methoxy groups -OCH3 is 1. The fourth-order valence-corrected chi connectivity index (χ4v) is 2.28. The van der Waals surface area contributed by atoms with Gasteiger partial charge < -0.3 is 14.8 Å². The highest BCUT2D eigenvalue weighted by atomic mass is 16.5. The number of rotatable bonds is 8. The molecule has 0 aliphatic heterocycles. The highest BCUT2D eigenvalue weighted by Crippen LogP contribution is 2.29. The summed E-state index contributed by atoms with van der Waals surface area (Å²) in [6.07, 6.45) is 1.22. The van der Waals surface area contributed by atoms with Crippen LogP contribution < -0.4 is 10.1 Å². The van der Waals surface area contributed by atoms with Gasteiger partial charge in [0.2, 0.25) is 0 Å². The van der Waals surface area contributed by atoms with Gasteiger partial charge in [-0.2, -0.15) is 0 Å². The third-order valence-corrected chi connectivity index (χ3v) is 3.23. The Morgan fingerprint density at radius 3 is 2.58 bits per heavy atom. The topological polar surface area (TPSA) is 30.5 Å². The molecule has 1 rings (SSSR count). The maximum absolute atomic E-state index is 5.78. The summed E-state index contributed by atoms with van der Waals surface area (Å²) in [5.41, 5.74) is 2.42. The molecule has 0 bridgehead atoms. The van der Waals surface area contributed by atoms with Gasteiger partial charge in [0.05, 0.1) is 19.3 Å². The Kier molecular flexibility index (Phi) is 6.89. The number of hydrogen-bond acceptors (Lipinski definition) is 3. The van der Waals surface area contributed by atoms with Crippen LogP contribution in [0, 0.1) is 6.92 Å². The maximum atomic E-state index is 5.78. The lowest BCUT2D eigenvalue weighted by Gasteiger charge is -2.27. The van der Waals surface area contributed by atoms with Gasteiger partial charge in [-0.05, 0) is 39.8 Å². The summed E-state index contributed by atoms with van der Waals surface area (Å²) in [5.74, 6) is 0.922. The summed E-state index contributed by atoms with van der Waals surface area (Å²) in [5, 5.41) is 3.57. The lowest BCUT2D eigenvalue weighted by Crippen LogP contribution is -2.33. The molecular weight excluding hydrogens is 238 g/mol. The summed E-state index contributed by atoms with van der Waals surface area (Å²) in [7, 11) is 1.72. The normalized spacial score (nSPS) is 14.2. The Morgan fingerprint density at radius 2 is 2.00 bits per heavy atom. The molecule has 0 aliphatic rings. The van der Waals surface area contributed by atoms with Crippen LogP contribution in [0.25, 0.3) is 0 Å². The van der Waals surface area contributed by atoms with E-state index in [1.807, 2.05) is 13.0 Å². The molecule has 1 N–H and O–H groups in total. The molecule has 0 amide bonds. The van der Waals surface area contributed by atoms with E-state index in [0.717, 1.165) is 25.3 Å². The molecular formula is C16H27NO2. The zero-order chi connectivity index (χ0) is 14.3. The van der Waals surface area contributed by atoms with E-state index in [-0.39, 0.29) is 12.1 Å². The van der Waals surface area contributed by atoms with Crippen LogP contribution in [0.4, 0.5) is 0 Å². The lowest BCUT2D eigenvalue weighted by molar-refractivity contribution is 0.0466. The Morgan fingerprint density at radius 1 is 1.26 bits per heavy atom. The predicted octanol–water partition coefficient (Wildman–Crippen LogP) is 3.47. The molecule has 0 aromatic heterocycles. The Balaban J connectivity index is 3.04. The molecule has 0 heterocycles. The van der Waals surface area contributed by atoms with Crippen molar-refractivity contribution in [3.05, 3.63) is 29.3 Å². The quantitative estimate of drug-likeness (QED) is 0.780. The Bertz CT molecular complexity index is 379. The molecule has 2 atom stereocenters. The van der Waals surface area contributed by atoms with Crippen LogP contribution >= 0.6 is 0 Å². The molecule has 108 valence electrons. The molecule has 3 heteroatoms. The largest absolute Gasteiger partial charge is 0.496 e. The number of hydrogen-bond donors (Lipinski definition) is 1. The average molecular weight is 265 g/mol. The fourth-order valence-electron chi connectivity index (χ4n) is 2.28. The molecule has 0 saturated heterocycles. The van der Waals surface area contributed by atoms with E-state index in [1.165, 1.54) is 11.1 Å². The monoisotopic (exact) mass is 265 g/mol.